The zero-order chi connectivity index (χ0) is 14.8. The molecule has 1 aliphatic heterocycles. The van der Waals surface area contributed by atoms with Crippen molar-refractivity contribution in [1.82, 2.24) is 4.90 Å². The van der Waals surface area contributed by atoms with Crippen LogP contribution in [0.4, 0.5) is 4.39 Å². The number of nitrogens with two attached hydrogens (primary N) is 1. The van der Waals surface area contributed by atoms with E-state index in [0.29, 0.717) is 17.1 Å². The van der Waals surface area contributed by atoms with E-state index in [1.807, 2.05) is 12.1 Å². The van der Waals surface area contributed by atoms with E-state index in [1.165, 1.54) is 38.5 Å². The van der Waals surface area contributed by atoms with Gasteiger partial charge < -0.3 is 5.73 Å². The van der Waals surface area contributed by atoms with Crippen LogP contribution in [0.3, 0.4) is 0 Å². The summed E-state index contributed by atoms with van der Waals surface area (Å²) < 4.78 is 14.0. The monoisotopic (exact) mass is 354 g/mol. The topological polar surface area (TPSA) is 29.3 Å². The third-order valence-electron chi connectivity index (χ3n) is 5.24. The molecule has 116 valence electrons. The smallest absolute Gasteiger partial charge is 0.137 e. The summed E-state index contributed by atoms with van der Waals surface area (Å²) in [5.74, 6) is 0.633. The fourth-order valence-electron chi connectivity index (χ4n) is 4.23. The number of hydrogen-bond acceptors (Lipinski definition) is 2. The third kappa shape index (κ3) is 3.17. The zero-order valence-electron chi connectivity index (χ0n) is 12.4. The van der Waals surface area contributed by atoms with Gasteiger partial charge in [-0.05, 0) is 71.8 Å². The first-order valence-corrected chi connectivity index (χ1v) is 8.90. The highest BCUT2D eigenvalue weighted by Gasteiger charge is 2.36. The lowest BCUT2D eigenvalue weighted by Crippen LogP contribution is -2.40. The first-order valence-electron chi connectivity index (χ1n) is 8.11. The van der Waals surface area contributed by atoms with Crippen molar-refractivity contribution < 1.29 is 4.39 Å². The molecule has 0 aromatic heterocycles. The number of likely N-dealkylation sites (tertiary alicyclic amines) is 1. The summed E-state index contributed by atoms with van der Waals surface area (Å²) in [5, 5.41) is 0. The Morgan fingerprint density at radius 2 is 2.00 bits per heavy atom. The van der Waals surface area contributed by atoms with Crippen LogP contribution < -0.4 is 5.73 Å². The Morgan fingerprint density at radius 3 is 2.67 bits per heavy atom. The molecule has 4 heteroatoms. The molecule has 3 rings (SSSR count). The molecule has 0 spiro atoms. The van der Waals surface area contributed by atoms with E-state index < -0.39 is 0 Å². The fourth-order valence-corrected chi connectivity index (χ4v) is 4.63. The molecule has 1 saturated carbocycles. The standard InChI is InChI=1S/C17H24BrFN2/c18-14-10-13(7-8-15(14)19)17(11-20)21-9-3-6-16(21)12-4-1-2-5-12/h7-8,10,12,16-17H,1-6,9,11,20H2. The van der Waals surface area contributed by atoms with Gasteiger partial charge in [-0.1, -0.05) is 18.9 Å². The van der Waals surface area contributed by atoms with Crippen molar-refractivity contribution in [3.05, 3.63) is 34.1 Å². The van der Waals surface area contributed by atoms with Crippen LogP contribution in [0.2, 0.25) is 0 Å². The predicted octanol–water partition coefficient (Wildman–Crippen LogP) is 4.24. The molecule has 1 heterocycles. The molecular weight excluding hydrogens is 331 g/mol. The van der Waals surface area contributed by atoms with Gasteiger partial charge in [0.1, 0.15) is 5.82 Å². The second kappa shape index (κ2) is 6.76. The first kappa shape index (κ1) is 15.4. The SMILES string of the molecule is NCC(c1ccc(F)c(Br)c1)N1CCCC1C1CCCC1. The average Bonchev–Trinajstić information content (AvgIpc) is 3.14. The minimum absolute atomic E-state index is 0.205. The normalized spacial score (nSPS) is 25.6. The zero-order valence-corrected chi connectivity index (χ0v) is 14.0. The van der Waals surface area contributed by atoms with E-state index in [0.717, 1.165) is 18.0 Å². The molecule has 1 saturated heterocycles. The van der Waals surface area contributed by atoms with E-state index in [4.69, 9.17) is 5.73 Å². The molecule has 2 fully saturated rings. The van der Waals surface area contributed by atoms with Crippen molar-refractivity contribution in [1.29, 1.82) is 0 Å². The van der Waals surface area contributed by atoms with Crippen LogP contribution in [0, 0.1) is 11.7 Å². The molecule has 2 nitrogen and oxygen atoms in total. The van der Waals surface area contributed by atoms with Gasteiger partial charge in [-0.15, -0.1) is 0 Å². The van der Waals surface area contributed by atoms with Crippen molar-refractivity contribution in [2.24, 2.45) is 11.7 Å². The third-order valence-corrected chi connectivity index (χ3v) is 5.85. The number of nitrogens with zero attached hydrogens (tertiary/aromatic N) is 1. The molecular formula is C17H24BrFN2. The lowest BCUT2D eigenvalue weighted by atomic mass is 9.94. The molecule has 0 amide bonds. The van der Waals surface area contributed by atoms with Gasteiger partial charge in [0.15, 0.2) is 0 Å². The minimum Gasteiger partial charge on any atom is -0.329 e. The Kier molecular flexibility index (Phi) is 4.97. The molecule has 1 aromatic rings. The maximum atomic E-state index is 13.5. The number of benzene rings is 1. The molecule has 2 N–H and O–H groups in total. The Balaban J connectivity index is 1.82. The Morgan fingerprint density at radius 1 is 1.24 bits per heavy atom. The van der Waals surface area contributed by atoms with Crippen molar-refractivity contribution >= 4 is 15.9 Å². The summed E-state index contributed by atoms with van der Waals surface area (Å²) in [5.41, 5.74) is 7.22. The molecule has 1 aliphatic carbocycles. The summed E-state index contributed by atoms with van der Waals surface area (Å²) >= 11 is 3.30. The lowest BCUT2D eigenvalue weighted by Gasteiger charge is -2.36. The molecule has 1 aromatic carbocycles. The van der Waals surface area contributed by atoms with Crippen molar-refractivity contribution in [2.45, 2.75) is 50.6 Å². The van der Waals surface area contributed by atoms with E-state index in [1.54, 1.807) is 6.07 Å². The average molecular weight is 355 g/mol. The Hall–Kier alpha value is -0.450. The lowest BCUT2D eigenvalue weighted by molar-refractivity contribution is 0.138. The molecule has 21 heavy (non-hydrogen) atoms. The molecule has 2 aliphatic rings. The van der Waals surface area contributed by atoms with Crippen molar-refractivity contribution in [3.8, 4) is 0 Å². The summed E-state index contributed by atoms with van der Waals surface area (Å²) in [6.45, 7) is 1.72. The largest absolute Gasteiger partial charge is 0.329 e. The van der Waals surface area contributed by atoms with Gasteiger partial charge in [0, 0.05) is 18.6 Å². The molecule has 2 unspecified atom stereocenters. The van der Waals surface area contributed by atoms with Crippen LogP contribution in [0.15, 0.2) is 22.7 Å². The van der Waals surface area contributed by atoms with E-state index in [2.05, 4.69) is 20.8 Å². The van der Waals surface area contributed by atoms with Crippen LogP contribution in [-0.4, -0.2) is 24.0 Å². The van der Waals surface area contributed by atoms with Gasteiger partial charge in [0.25, 0.3) is 0 Å². The predicted molar refractivity (Wildman–Crippen MR) is 87.6 cm³/mol. The summed E-state index contributed by atoms with van der Waals surface area (Å²) in [4.78, 5) is 2.59. The summed E-state index contributed by atoms with van der Waals surface area (Å²) in [7, 11) is 0. The van der Waals surface area contributed by atoms with Gasteiger partial charge in [-0.25, -0.2) is 4.39 Å². The first-order chi connectivity index (χ1) is 10.2. The van der Waals surface area contributed by atoms with Crippen LogP contribution in [0.25, 0.3) is 0 Å². The maximum absolute atomic E-state index is 13.5. The fraction of sp³-hybridized carbons (Fsp3) is 0.647. The van der Waals surface area contributed by atoms with Gasteiger partial charge in [0.05, 0.1) is 4.47 Å². The van der Waals surface area contributed by atoms with E-state index in [9.17, 15) is 4.39 Å². The number of hydrogen-bond donors (Lipinski definition) is 1. The maximum Gasteiger partial charge on any atom is 0.137 e. The highest BCUT2D eigenvalue weighted by molar-refractivity contribution is 9.10. The second-order valence-electron chi connectivity index (χ2n) is 6.42. The molecule has 0 radical (unpaired) electrons. The minimum atomic E-state index is -0.205. The highest BCUT2D eigenvalue weighted by Crippen LogP contribution is 2.39. The number of halogens is 2. The van der Waals surface area contributed by atoms with Gasteiger partial charge in [0.2, 0.25) is 0 Å². The van der Waals surface area contributed by atoms with Gasteiger partial charge >= 0.3 is 0 Å². The van der Waals surface area contributed by atoms with Crippen LogP contribution in [-0.2, 0) is 0 Å². The van der Waals surface area contributed by atoms with Crippen LogP contribution in [0.1, 0.15) is 50.1 Å². The van der Waals surface area contributed by atoms with Crippen LogP contribution in [0.5, 0.6) is 0 Å². The quantitative estimate of drug-likeness (QED) is 0.875. The van der Waals surface area contributed by atoms with Gasteiger partial charge in [-0.2, -0.15) is 0 Å². The van der Waals surface area contributed by atoms with Crippen molar-refractivity contribution in [3.63, 3.8) is 0 Å². The Labute approximate surface area is 135 Å². The summed E-state index contributed by atoms with van der Waals surface area (Å²) in [6, 6.07) is 6.22. The molecule has 2 atom stereocenters. The number of rotatable bonds is 4. The summed E-state index contributed by atoms with van der Waals surface area (Å²) in [6.07, 6.45) is 8.05. The van der Waals surface area contributed by atoms with Crippen molar-refractivity contribution in [2.75, 3.05) is 13.1 Å². The van der Waals surface area contributed by atoms with Gasteiger partial charge in [-0.3, -0.25) is 4.90 Å². The van der Waals surface area contributed by atoms with E-state index >= 15 is 0 Å². The van der Waals surface area contributed by atoms with Crippen LogP contribution >= 0.6 is 15.9 Å². The van der Waals surface area contributed by atoms with E-state index in [-0.39, 0.29) is 11.9 Å². The highest BCUT2D eigenvalue weighted by atomic mass is 79.9. The second-order valence-corrected chi connectivity index (χ2v) is 7.27. The Bertz CT molecular complexity index is 488. The molecule has 0 bridgehead atoms.